The van der Waals surface area contributed by atoms with E-state index in [4.69, 9.17) is 11.6 Å². The summed E-state index contributed by atoms with van der Waals surface area (Å²) >= 11 is 7.48. The van der Waals surface area contributed by atoms with Crippen molar-refractivity contribution >= 4 is 46.1 Å². The van der Waals surface area contributed by atoms with E-state index in [0.717, 1.165) is 23.9 Å². The van der Waals surface area contributed by atoms with Gasteiger partial charge in [-0.25, -0.2) is 14.8 Å². The Kier molecular flexibility index (Phi) is 7.74. The highest BCUT2D eigenvalue weighted by Crippen LogP contribution is 2.26. The number of H-pyrrole nitrogens is 1. The van der Waals surface area contributed by atoms with Crippen molar-refractivity contribution in [3.8, 4) is 0 Å². The molecule has 3 aromatic rings. The van der Waals surface area contributed by atoms with Crippen molar-refractivity contribution in [3.63, 3.8) is 0 Å². The van der Waals surface area contributed by atoms with Crippen LogP contribution < -0.4 is 10.6 Å². The molecule has 0 aliphatic carbocycles. The van der Waals surface area contributed by atoms with Gasteiger partial charge in [0.05, 0.1) is 16.8 Å². The van der Waals surface area contributed by atoms with E-state index in [9.17, 15) is 9.59 Å². The Morgan fingerprint density at radius 1 is 1.21 bits per heavy atom. The van der Waals surface area contributed by atoms with Gasteiger partial charge in [-0.05, 0) is 25.0 Å². The summed E-state index contributed by atoms with van der Waals surface area (Å²) in [5.74, 6) is 0.911. The molecule has 0 radical (unpaired) electrons. The van der Waals surface area contributed by atoms with Gasteiger partial charge in [-0.15, -0.1) is 13.2 Å². The number of likely N-dealkylation sites (tertiary alicyclic amines) is 1. The zero-order valence-electron chi connectivity index (χ0n) is 18.8. The maximum absolute atomic E-state index is 12.9. The average Bonchev–Trinajstić information content (AvgIpc) is 3.18. The van der Waals surface area contributed by atoms with E-state index in [2.05, 4.69) is 28.1 Å². The van der Waals surface area contributed by atoms with Crippen molar-refractivity contribution in [1.29, 1.82) is 0 Å². The summed E-state index contributed by atoms with van der Waals surface area (Å²) in [6, 6.07) is 9.45. The van der Waals surface area contributed by atoms with Gasteiger partial charge in [0.25, 0.3) is 0 Å². The molecule has 1 amide bonds. The quantitative estimate of drug-likeness (QED) is 0.208. The summed E-state index contributed by atoms with van der Waals surface area (Å²) in [7, 11) is 0. The minimum Gasteiger partial charge on any atom is -0.349 e. The van der Waals surface area contributed by atoms with Crippen molar-refractivity contribution in [1.82, 2.24) is 24.4 Å². The molecule has 0 bridgehead atoms. The molecular weight excluding hydrogens is 472 g/mol. The predicted octanol–water partition coefficient (Wildman–Crippen LogP) is 3.91. The van der Waals surface area contributed by atoms with Crippen LogP contribution in [-0.4, -0.2) is 62.3 Å². The fourth-order valence-electron chi connectivity index (χ4n) is 4.21. The number of aromatic amines is 1. The first-order valence-electron chi connectivity index (χ1n) is 11.1. The van der Waals surface area contributed by atoms with Crippen molar-refractivity contribution in [2.45, 2.75) is 24.0 Å². The number of hydrogen-bond donors (Lipinski definition) is 1. The third-order valence-electron chi connectivity index (χ3n) is 5.81. The molecule has 1 N–H and O–H groups in total. The lowest BCUT2D eigenvalue weighted by atomic mass is 10.0. The van der Waals surface area contributed by atoms with Crippen LogP contribution in [0.4, 0.5) is 5.82 Å². The number of nitrogens with one attached hydrogen (secondary N) is 1. The number of para-hydroxylation sites is 2. The van der Waals surface area contributed by atoms with E-state index in [1.54, 1.807) is 18.2 Å². The standard InChI is InChI=1S/C24H27ClN6O2S/c1-3-11-29(12-4-2)21-15-20(25)27-23(28-21)34-16-22(32)30-13-9-17(10-14-30)31-19-8-6-5-7-18(19)26-24(31)33/h3-8,15,17H,1-2,9-14,16H2,(H,26,33). The normalized spacial score (nSPS) is 14.3. The first kappa shape index (κ1) is 24.1. The molecule has 1 aromatic carbocycles. The van der Waals surface area contributed by atoms with Gasteiger partial charge in [-0.3, -0.25) is 9.36 Å². The number of fused-ring (bicyclic) bond motifs is 1. The molecule has 8 nitrogen and oxygen atoms in total. The van der Waals surface area contributed by atoms with E-state index in [-0.39, 0.29) is 23.4 Å². The van der Waals surface area contributed by atoms with Crippen LogP contribution in [-0.2, 0) is 4.79 Å². The first-order chi connectivity index (χ1) is 16.5. The second-order valence-corrected chi connectivity index (χ2v) is 9.36. The summed E-state index contributed by atoms with van der Waals surface area (Å²) in [5, 5.41) is 0.775. The van der Waals surface area contributed by atoms with Gasteiger partial charge in [-0.2, -0.15) is 0 Å². The summed E-state index contributed by atoms with van der Waals surface area (Å²) in [6.07, 6.45) is 5.02. The fraction of sp³-hybridized carbons (Fsp3) is 0.333. The van der Waals surface area contributed by atoms with E-state index in [1.807, 2.05) is 38.6 Å². The Bertz CT molecular complexity index is 1240. The van der Waals surface area contributed by atoms with Crippen LogP contribution in [0.2, 0.25) is 5.15 Å². The number of anilines is 1. The lowest BCUT2D eigenvalue weighted by Gasteiger charge is -2.32. The highest BCUT2D eigenvalue weighted by atomic mass is 35.5. The molecular formula is C24H27ClN6O2S. The van der Waals surface area contributed by atoms with E-state index in [0.29, 0.717) is 42.3 Å². The number of rotatable bonds is 9. The van der Waals surface area contributed by atoms with Crippen LogP contribution in [0.1, 0.15) is 18.9 Å². The van der Waals surface area contributed by atoms with Gasteiger partial charge < -0.3 is 14.8 Å². The summed E-state index contributed by atoms with van der Waals surface area (Å²) in [5.41, 5.74) is 1.64. The molecule has 10 heteroatoms. The van der Waals surface area contributed by atoms with Crippen molar-refractivity contribution in [2.24, 2.45) is 0 Å². The SMILES string of the molecule is C=CCN(CC=C)c1cc(Cl)nc(SCC(=O)N2CCC(n3c(=O)[nH]c4ccccc43)CC2)n1. The summed E-state index contributed by atoms with van der Waals surface area (Å²) < 4.78 is 1.82. The smallest absolute Gasteiger partial charge is 0.326 e. The molecule has 0 atom stereocenters. The average molecular weight is 499 g/mol. The van der Waals surface area contributed by atoms with Gasteiger partial charge >= 0.3 is 5.69 Å². The van der Waals surface area contributed by atoms with Crippen LogP contribution in [0.25, 0.3) is 11.0 Å². The molecule has 0 spiro atoms. The highest BCUT2D eigenvalue weighted by molar-refractivity contribution is 7.99. The number of carbonyl (C=O) groups excluding carboxylic acids is 1. The fourth-order valence-corrected chi connectivity index (χ4v) is 5.20. The lowest BCUT2D eigenvalue weighted by molar-refractivity contribution is -0.129. The molecule has 178 valence electrons. The number of piperidine rings is 1. The first-order valence-corrected chi connectivity index (χ1v) is 12.5. The van der Waals surface area contributed by atoms with Gasteiger partial charge in [0.15, 0.2) is 5.16 Å². The number of hydrogen-bond acceptors (Lipinski definition) is 6. The summed E-state index contributed by atoms with van der Waals surface area (Å²) in [6.45, 7) is 9.95. The molecule has 2 aromatic heterocycles. The van der Waals surface area contributed by atoms with Gasteiger partial charge in [0.2, 0.25) is 5.91 Å². The third-order valence-corrected chi connectivity index (χ3v) is 6.84. The largest absolute Gasteiger partial charge is 0.349 e. The molecule has 0 saturated carbocycles. The van der Waals surface area contributed by atoms with Crippen LogP contribution >= 0.6 is 23.4 Å². The molecule has 1 aliphatic heterocycles. The van der Waals surface area contributed by atoms with E-state index in [1.165, 1.54) is 11.8 Å². The van der Waals surface area contributed by atoms with Crippen molar-refractivity contribution < 1.29 is 4.79 Å². The highest BCUT2D eigenvalue weighted by Gasteiger charge is 2.26. The Balaban J connectivity index is 1.36. The molecule has 1 fully saturated rings. The Hall–Kier alpha value is -3.04. The number of amides is 1. The third kappa shape index (κ3) is 5.37. The zero-order chi connectivity index (χ0) is 24.1. The van der Waals surface area contributed by atoms with Gasteiger partial charge in [0.1, 0.15) is 11.0 Å². The molecule has 1 aliphatic rings. The Morgan fingerprint density at radius 3 is 2.62 bits per heavy atom. The van der Waals surface area contributed by atoms with E-state index < -0.39 is 0 Å². The molecule has 34 heavy (non-hydrogen) atoms. The maximum Gasteiger partial charge on any atom is 0.326 e. The van der Waals surface area contributed by atoms with Crippen molar-refractivity contribution in [2.75, 3.05) is 36.8 Å². The number of imidazole rings is 1. The number of thioether (sulfide) groups is 1. The number of aromatic nitrogens is 4. The Morgan fingerprint density at radius 2 is 1.91 bits per heavy atom. The van der Waals surface area contributed by atoms with Crippen LogP contribution in [0, 0.1) is 0 Å². The van der Waals surface area contributed by atoms with Crippen LogP contribution in [0.15, 0.2) is 65.6 Å². The Labute approximate surface area is 207 Å². The minimum absolute atomic E-state index is 0.0221. The maximum atomic E-state index is 12.9. The number of carbonyl (C=O) groups is 1. The predicted molar refractivity (Wildman–Crippen MR) is 138 cm³/mol. The molecule has 4 rings (SSSR count). The topological polar surface area (TPSA) is 87.1 Å². The number of nitrogens with zero attached hydrogens (tertiary/aromatic N) is 5. The minimum atomic E-state index is -0.0996. The zero-order valence-corrected chi connectivity index (χ0v) is 20.4. The molecule has 1 saturated heterocycles. The van der Waals surface area contributed by atoms with Crippen LogP contribution in [0.3, 0.4) is 0 Å². The summed E-state index contributed by atoms with van der Waals surface area (Å²) in [4.78, 5) is 40.9. The monoisotopic (exact) mass is 498 g/mol. The van der Waals surface area contributed by atoms with E-state index >= 15 is 0 Å². The van der Waals surface area contributed by atoms with Crippen molar-refractivity contribution in [3.05, 3.63) is 71.3 Å². The second kappa shape index (κ2) is 10.9. The second-order valence-electron chi connectivity index (χ2n) is 8.03. The molecule has 0 unspecified atom stereocenters. The molecule has 3 heterocycles. The van der Waals surface area contributed by atoms with Gasteiger partial charge in [0, 0.05) is 38.3 Å². The number of halogens is 1. The lowest BCUT2D eigenvalue weighted by Crippen LogP contribution is -2.41. The number of benzene rings is 1. The van der Waals surface area contributed by atoms with Gasteiger partial charge in [-0.1, -0.05) is 47.6 Å². The van der Waals surface area contributed by atoms with Crippen LogP contribution in [0.5, 0.6) is 0 Å².